The van der Waals surface area contributed by atoms with Gasteiger partial charge in [-0.15, -0.1) is 13.2 Å². The molecular weight excluding hydrogens is 257 g/mol. The SMILES string of the molecule is CC(c1ccc(OC(F)(F)F)cc1)N(C)C1CNC1. The van der Waals surface area contributed by atoms with Crippen LogP contribution in [0.5, 0.6) is 5.75 Å². The van der Waals surface area contributed by atoms with Crippen LogP contribution in [0.25, 0.3) is 0 Å². The molecule has 1 aromatic rings. The van der Waals surface area contributed by atoms with Crippen molar-refractivity contribution in [1.29, 1.82) is 0 Å². The number of likely N-dealkylation sites (N-methyl/N-ethyl adjacent to an activating group) is 1. The average molecular weight is 274 g/mol. The lowest BCUT2D eigenvalue weighted by Gasteiger charge is -2.39. The largest absolute Gasteiger partial charge is 0.573 e. The predicted molar refractivity (Wildman–Crippen MR) is 66.0 cm³/mol. The van der Waals surface area contributed by atoms with Crippen molar-refractivity contribution in [1.82, 2.24) is 10.2 Å². The number of rotatable bonds is 4. The fraction of sp³-hybridized carbons (Fsp3) is 0.538. The molecule has 1 saturated heterocycles. The molecule has 1 aromatic carbocycles. The molecule has 6 heteroatoms. The van der Waals surface area contributed by atoms with Crippen molar-refractivity contribution in [3.8, 4) is 5.75 Å². The number of alkyl halides is 3. The third-order valence-corrected chi connectivity index (χ3v) is 3.54. The first-order valence-electron chi connectivity index (χ1n) is 6.15. The third-order valence-electron chi connectivity index (χ3n) is 3.54. The molecule has 2 rings (SSSR count). The van der Waals surface area contributed by atoms with Gasteiger partial charge in [0.1, 0.15) is 5.75 Å². The standard InChI is InChI=1S/C13H17F3N2O/c1-9(18(2)11-7-17-8-11)10-3-5-12(6-4-10)19-13(14,15)16/h3-6,9,11,17H,7-8H2,1-2H3. The second-order valence-corrected chi connectivity index (χ2v) is 4.77. The van der Waals surface area contributed by atoms with E-state index in [-0.39, 0.29) is 11.8 Å². The molecular formula is C13H17F3N2O. The fourth-order valence-electron chi connectivity index (χ4n) is 2.06. The normalized spacial score (nSPS) is 18.2. The molecule has 0 aromatic heterocycles. The summed E-state index contributed by atoms with van der Waals surface area (Å²) in [4.78, 5) is 2.22. The van der Waals surface area contributed by atoms with Gasteiger partial charge in [-0.1, -0.05) is 12.1 Å². The smallest absolute Gasteiger partial charge is 0.406 e. The number of hydrogen-bond donors (Lipinski definition) is 1. The molecule has 3 nitrogen and oxygen atoms in total. The zero-order chi connectivity index (χ0) is 14.0. The molecule has 1 unspecified atom stereocenters. The summed E-state index contributed by atoms with van der Waals surface area (Å²) in [5.41, 5.74) is 0.976. The van der Waals surface area contributed by atoms with Crippen LogP contribution in [0, 0.1) is 0 Å². The molecule has 106 valence electrons. The fourth-order valence-corrected chi connectivity index (χ4v) is 2.06. The maximum atomic E-state index is 12.1. The van der Waals surface area contributed by atoms with Crippen molar-refractivity contribution in [2.24, 2.45) is 0 Å². The van der Waals surface area contributed by atoms with Crippen LogP contribution in [0.3, 0.4) is 0 Å². The highest BCUT2D eigenvalue weighted by molar-refractivity contribution is 5.29. The molecule has 0 radical (unpaired) electrons. The highest BCUT2D eigenvalue weighted by Gasteiger charge is 2.31. The molecule has 1 aliphatic heterocycles. The molecule has 1 atom stereocenters. The van der Waals surface area contributed by atoms with Crippen LogP contribution >= 0.6 is 0 Å². The zero-order valence-corrected chi connectivity index (χ0v) is 10.9. The zero-order valence-electron chi connectivity index (χ0n) is 10.9. The van der Waals surface area contributed by atoms with E-state index in [9.17, 15) is 13.2 Å². The molecule has 0 bridgehead atoms. The molecule has 19 heavy (non-hydrogen) atoms. The average Bonchev–Trinajstić information content (AvgIpc) is 2.24. The maximum Gasteiger partial charge on any atom is 0.573 e. The monoisotopic (exact) mass is 274 g/mol. The van der Waals surface area contributed by atoms with E-state index in [1.807, 2.05) is 14.0 Å². The Hall–Kier alpha value is -1.27. The van der Waals surface area contributed by atoms with Gasteiger partial charge in [0.15, 0.2) is 0 Å². The Balaban J connectivity index is 2.01. The van der Waals surface area contributed by atoms with Crippen molar-refractivity contribution in [3.05, 3.63) is 29.8 Å². The molecule has 1 aliphatic rings. The molecule has 0 aliphatic carbocycles. The minimum atomic E-state index is -4.64. The summed E-state index contributed by atoms with van der Waals surface area (Å²) in [7, 11) is 2.02. The van der Waals surface area contributed by atoms with Crippen LogP contribution in [0.1, 0.15) is 18.5 Å². The van der Waals surface area contributed by atoms with Crippen LogP contribution in [0.15, 0.2) is 24.3 Å². The third kappa shape index (κ3) is 3.61. The predicted octanol–water partition coefficient (Wildman–Crippen LogP) is 2.55. The van der Waals surface area contributed by atoms with Crippen molar-refractivity contribution in [3.63, 3.8) is 0 Å². The Morgan fingerprint density at radius 3 is 2.26 bits per heavy atom. The van der Waals surface area contributed by atoms with Crippen LogP contribution < -0.4 is 10.1 Å². The molecule has 0 saturated carbocycles. The van der Waals surface area contributed by atoms with E-state index in [0.717, 1.165) is 18.7 Å². The Labute approximate surface area is 110 Å². The van der Waals surface area contributed by atoms with Crippen molar-refractivity contribution in [2.75, 3.05) is 20.1 Å². The Bertz CT molecular complexity index is 415. The minimum absolute atomic E-state index is 0.159. The van der Waals surface area contributed by atoms with Crippen LogP contribution in [-0.4, -0.2) is 37.4 Å². The summed E-state index contributed by atoms with van der Waals surface area (Å²) in [5, 5.41) is 3.20. The van der Waals surface area contributed by atoms with Crippen LogP contribution in [0.4, 0.5) is 13.2 Å². The van der Waals surface area contributed by atoms with Gasteiger partial charge in [-0.05, 0) is 31.7 Å². The molecule has 1 N–H and O–H groups in total. The Morgan fingerprint density at radius 2 is 1.84 bits per heavy atom. The topological polar surface area (TPSA) is 24.5 Å². The van der Waals surface area contributed by atoms with Crippen LogP contribution in [-0.2, 0) is 0 Å². The van der Waals surface area contributed by atoms with E-state index in [1.165, 1.54) is 12.1 Å². The Kier molecular flexibility index (Phi) is 4.01. The first-order chi connectivity index (χ1) is 8.87. The van der Waals surface area contributed by atoms with E-state index >= 15 is 0 Å². The number of hydrogen-bond acceptors (Lipinski definition) is 3. The van der Waals surface area contributed by atoms with E-state index in [4.69, 9.17) is 0 Å². The van der Waals surface area contributed by atoms with E-state index < -0.39 is 6.36 Å². The second-order valence-electron chi connectivity index (χ2n) is 4.77. The summed E-state index contributed by atoms with van der Waals surface area (Å²) < 4.78 is 40.0. The van der Waals surface area contributed by atoms with Crippen molar-refractivity contribution in [2.45, 2.75) is 25.4 Å². The summed E-state index contributed by atoms with van der Waals surface area (Å²) in [6, 6.07) is 6.70. The summed E-state index contributed by atoms with van der Waals surface area (Å²) in [6.07, 6.45) is -4.64. The minimum Gasteiger partial charge on any atom is -0.406 e. The number of nitrogens with zero attached hydrogens (tertiary/aromatic N) is 1. The van der Waals surface area contributed by atoms with Crippen LogP contribution in [0.2, 0.25) is 0 Å². The quantitative estimate of drug-likeness (QED) is 0.913. The lowest BCUT2D eigenvalue weighted by Crippen LogP contribution is -2.56. The molecule has 0 spiro atoms. The lowest BCUT2D eigenvalue weighted by atomic mass is 10.0. The summed E-state index contributed by atoms with van der Waals surface area (Å²) in [6.45, 7) is 3.95. The van der Waals surface area contributed by atoms with Crippen molar-refractivity contribution >= 4 is 0 Å². The summed E-state index contributed by atoms with van der Waals surface area (Å²) >= 11 is 0. The lowest BCUT2D eigenvalue weighted by molar-refractivity contribution is -0.274. The van der Waals surface area contributed by atoms with Gasteiger partial charge >= 0.3 is 6.36 Å². The van der Waals surface area contributed by atoms with Crippen molar-refractivity contribution < 1.29 is 17.9 Å². The van der Waals surface area contributed by atoms with E-state index in [2.05, 4.69) is 15.0 Å². The highest BCUT2D eigenvalue weighted by atomic mass is 19.4. The van der Waals surface area contributed by atoms with Gasteiger partial charge in [0.2, 0.25) is 0 Å². The van der Waals surface area contributed by atoms with Gasteiger partial charge < -0.3 is 10.1 Å². The first-order valence-corrected chi connectivity index (χ1v) is 6.15. The van der Waals surface area contributed by atoms with E-state index in [0.29, 0.717) is 6.04 Å². The molecule has 0 amide bonds. The number of halogens is 3. The van der Waals surface area contributed by atoms with Gasteiger partial charge in [0, 0.05) is 25.2 Å². The van der Waals surface area contributed by atoms with Gasteiger partial charge in [-0.25, -0.2) is 0 Å². The van der Waals surface area contributed by atoms with Gasteiger partial charge in [-0.3, -0.25) is 4.90 Å². The summed E-state index contributed by atoms with van der Waals surface area (Å²) in [5.74, 6) is -0.184. The van der Waals surface area contributed by atoms with Gasteiger partial charge in [-0.2, -0.15) is 0 Å². The van der Waals surface area contributed by atoms with Gasteiger partial charge in [0.05, 0.1) is 0 Å². The number of benzene rings is 1. The highest BCUT2D eigenvalue weighted by Crippen LogP contribution is 2.27. The number of nitrogens with one attached hydrogen (secondary N) is 1. The Morgan fingerprint density at radius 1 is 1.26 bits per heavy atom. The van der Waals surface area contributed by atoms with E-state index in [1.54, 1.807) is 12.1 Å². The molecule has 1 fully saturated rings. The number of ether oxygens (including phenoxy) is 1. The maximum absolute atomic E-state index is 12.1. The first kappa shape index (κ1) is 14.1. The molecule has 1 heterocycles. The van der Waals surface area contributed by atoms with Gasteiger partial charge in [0.25, 0.3) is 0 Å². The second kappa shape index (κ2) is 5.38.